The van der Waals surface area contributed by atoms with Crippen LogP contribution in [0.2, 0.25) is 0 Å². The summed E-state index contributed by atoms with van der Waals surface area (Å²) in [6.07, 6.45) is 0. The van der Waals surface area contributed by atoms with Gasteiger partial charge in [-0.2, -0.15) is 0 Å². The Hall–Kier alpha value is -7.74. The van der Waals surface area contributed by atoms with Crippen LogP contribution in [-0.4, -0.2) is 28.7 Å². The van der Waals surface area contributed by atoms with Gasteiger partial charge in [0.2, 0.25) is 0 Å². The number of fused-ring (bicyclic) bond motifs is 10. The molecule has 0 saturated heterocycles. The Labute approximate surface area is 348 Å². The van der Waals surface area contributed by atoms with Crippen molar-refractivity contribution in [2.45, 2.75) is 9.79 Å². The Kier molecular flexibility index (Phi) is 7.14. The second-order valence-electron chi connectivity index (χ2n) is 15.2. The largest absolute Gasteiger partial charge is 0.309 e. The second-order valence-corrected chi connectivity index (χ2v) is 16.3. The third kappa shape index (κ3) is 4.81. The number of nitrogens with zero attached hydrogens (tertiary/aromatic N) is 6. The zero-order valence-corrected chi connectivity index (χ0v) is 32.9. The summed E-state index contributed by atoms with van der Waals surface area (Å²) in [6.45, 7) is 0. The van der Waals surface area contributed by atoms with Gasteiger partial charge in [-0.3, -0.25) is 9.13 Å². The van der Waals surface area contributed by atoms with Gasteiger partial charge in [0, 0.05) is 59.1 Å². The number of para-hydroxylation sites is 6. The summed E-state index contributed by atoms with van der Waals surface area (Å²) in [6, 6.07) is 68.7. The van der Waals surface area contributed by atoms with Crippen molar-refractivity contribution in [3.8, 4) is 51.2 Å². The SMILES string of the molecule is c1ccc(-c2nc(-c3cccc(-n4c5ccccc5c5ccccc54)c3)nc(-c3ccccc3-n3c4ccccc4c4c5cccc6c5n(c43)-c3ccccc3S6)n2)cc1. The van der Waals surface area contributed by atoms with Gasteiger partial charge in [0.05, 0.1) is 33.4 Å². The third-order valence-electron chi connectivity index (χ3n) is 11.9. The van der Waals surface area contributed by atoms with E-state index in [9.17, 15) is 0 Å². The zero-order chi connectivity index (χ0) is 39.3. The van der Waals surface area contributed by atoms with Crippen LogP contribution in [0.15, 0.2) is 204 Å². The maximum Gasteiger partial charge on any atom is 0.166 e. The van der Waals surface area contributed by atoms with Crippen LogP contribution in [0.5, 0.6) is 0 Å². The maximum absolute atomic E-state index is 5.37. The van der Waals surface area contributed by atoms with E-state index < -0.39 is 0 Å². The van der Waals surface area contributed by atoms with Crippen molar-refractivity contribution in [2.75, 3.05) is 0 Å². The molecule has 0 radical (unpaired) electrons. The van der Waals surface area contributed by atoms with E-state index in [1.807, 2.05) is 30.0 Å². The van der Waals surface area contributed by atoms with Crippen molar-refractivity contribution in [1.82, 2.24) is 28.7 Å². The molecule has 0 bridgehead atoms. The smallest absolute Gasteiger partial charge is 0.166 e. The molecule has 0 aliphatic carbocycles. The highest BCUT2D eigenvalue weighted by Crippen LogP contribution is 2.50. The maximum atomic E-state index is 5.37. The number of aromatic nitrogens is 6. The van der Waals surface area contributed by atoms with Crippen LogP contribution >= 0.6 is 11.8 Å². The third-order valence-corrected chi connectivity index (χ3v) is 13.0. The van der Waals surface area contributed by atoms with Crippen molar-refractivity contribution >= 4 is 66.4 Å². The lowest BCUT2D eigenvalue weighted by Crippen LogP contribution is -2.07. The van der Waals surface area contributed by atoms with Crippen molar-refractivity contribution in [2.24, 2.45) is 0 Å². The molecule has 0 unspecified atom stereocenters. The minimum atomic E-state index is 0.606. The molecule has 7 heteroatoms. The van der Waals surface area contributed by atoms with Crippen LogP contribution in [0.4, 0.5) is 0 Å². The normalized spacial score (nSPS) is 12.3. The molecule has 8 aromatic carbocycles. The summed E-state index contributed by atoms with van der Waals surface area (Å²) in [5.41, 5.74) is 11.8. The molecule has 0 N–H and O–H groups in total. The Morgan fingerprint density at radius 2 is 0.917 bits per heavy atom. The topological polar surface area (TPSA) is 53.5 Å². The lowest BCUT2D eigenvalue weighted by atomic mass is 10.1. The van der Waals surface area contributed by atoms with Gasteiger partial charge in [-0.15, -0.1) is 0 Å². The summed E-state index contributed by atoms with van der Waals surface area (Å²) >= 11 is 1.84. The van der Waals surface area contributed by atoms with Crippen LogP contribution in [0.1, 0.15) is 0 Å². The summed E-state index contributed by atoms with van der Waals surface area (Å²) in [5.74, 6) is 1.83. The van der Waals surface area contributed by atoms with Gasteiger partial charge >= 0.3 is 0 Å². The van der Waals surface area contributed by atoms with Gasteiger partial charge in [0.25, 0.3) is 0 Å². The highest BCUT2D eigenvalue weighted by Gasteiger charge is 2.29. The predicted octanol–water partition coefficient (Wildman–Crippen LogP) is 13.5. The lowest BCUT2D eigenvalue weighted by molar-refractivity contribution is 1.02. The minimum absolute atomic E-state index is 0.606. The standard InChI is InChI=1S/C53H32N6S/c1-2-16-33(17-3-1)50-54-51(34-18-14-19-35(32-34)57-41-25-8-4-20-36(41)37-21-5-9-26-42(37)57)56-52(55-50)39-23-7-11-28-44(39)58-43-27-10-6-22-38(43)48-40-24-15-31-47-49(40)59(53(48)58)45-29-12-13-30-46(45)60-47/h1-32H. The van der Waals surface area contributed by atoms with Gasteiger partial charge in [-0.1, -0.05) is 145 Å². The van der Waals surface area contributed by atoms with Gasteiger partial charge in [-0.05, 0) is 60.7 Å². The molecular formula is C53H32N6S. The summed E-state index contributed by atoms with van der Waals surface area (Å²) < 4.78 is 7.23. The average Bonchev–Trinajstić information content (AvgIpc) is 3.96. The molecule has 0 atom stereocenters. The molecule has 0 fully saturated rings. The van der Waals surface area contributed by atoms with E-state index in [0.717, 1.165) is 50.3 Å². The number of hydrogen-bond donors (Lipinski definition) is 0. The van der Waals surface area contributed by atoms with Crippen LogP contribution in [0.25, 0.3) is 106 Å². The molecule has 4 aromatic heterocycles. The quantitative estimate of drug-likeness (QED) is 0.174. The molecule has 0 spiro atoms. The average molecular weight is 785 g/mol. The van der Waals surface area contributed by atoms with E-state index in [2.05, 4.69) is 190 Å². The van der Waals surface area contributed by atoms with Gasteiger partial charge in [-0.25, -0.2) is 15.0 Å². The number of hydrogen-bond acceptors (Lipinski definition) is 4. The fraction of sp³-hybridized carbons (Fsp3) is 0. The van der Waals surface area contributed by atoms with E-state index in [1.54, 1.807) is 0 Å². The van der Waals surface area contributed by atoms with Crippen LogP contribution in [-0.2, 0) is 0 Å². The van der Waals surface area contributed by atoms with Gasteiger partial charge in [0.15, 0.2) is 17.5 Å². The predicted molar refractivity (Wildman–Crippen MR) is 246 cm³/mol. The highest BCUT2D eigenvalue weighted by molar-refractivity contribution is 7.99. The summed E-state index contributed by atoms with van der Waals surface area (Å²) in [5, 5.41) is 6.13. The Morgan fingerprint density at radius 1 is 0.367 bits per heavy atom. The fourth-order valence-corrected chi connectivity index (χ4v) is 10.4. The number of rotatable bonds is 5. The van der Waals surface area contributed by atoms with E-state index in [1.165, 1.54) is 47.9 Å². The molecule has 5 heterocycles. The van der Waals surface area contributed by atoms with Gasteiger partial charge in [0.1, 0.15) is 5.65 Å². The molecular weight excluding hydrogens is 753 g/mol. The monoisotopic (exact) mass is 784 g/mol. The van der Waals surface area contributed by atoms with Crippen molar-refractivity contribution < 1.29 is 0 Å². The van der Waals surface area contributed by atoms with E-state index in [4.69, 9.17) is 15.0 Å². The van der Waals surface area contributed by atoms with Gasteiger partial charge < -0.3 is 4.57 Å². The molecule has 13 rings (SSSR count). The molecule has 280 valence electrons. The van der Waals surface area contributed by atoms with E-state index in [0.29, 0.717) is 17.5 Å². The van der Waals surface area contributed by atoms with Crippen molar-refractivity contribution in [3.05, 3.63) is 194 Å². The van der Waals surface area contributed by atoms with Crippen molar-refractivity contribution in [1.29, 1.82) is 0 Å². The Morgan fingerprint density at radius 3 is 1.70 bits per heavy atom. The van der Waals surface area contributed by atoms with Crippen LogP contribution in [0.3, 0.4) is 0 Å². The van der Waals surface area contributed by atoms with E-state index in [-0.39, 0.29) is 0 Å². The second kappa shape index (κ2) is 12.9. The molecule has 0 saturated carbocycles. The first kappa shape index (κ1) is 33.3. The van der Waals surface area contributed by atoms with Crippen molar-refractivity contribution in [3.63, 3.8) is 0 Å². The Balaban J connectivity index is 1.07. The first-order chi connectivity index (χ1) is 29.8. The molecule has 12 aromatic rings. The fourth-order valence-electron chi connectivity index (χ4n) is 9.36. The molecule has 1 aliphatic heterocycles. The summed E-state index contributed by atoms with van der Waals surface area (Å²) in [7, 11) is 0. The molecule has 60 heavy (non-hydrogen) atoms. The molecule has 0 amide bonds. The Bertz CT molecular complexity index is 3650. The molecule has 6 nitrogen and oxygen atoms in total. The van der Waals surface area contributed by atoms with Crippen LogP contribution < -0.4 is 0 Å². The van der Waals surface area contributed by atoms with Crippen LogP contribution in [0, 0.1) is 0 Å². The minimum Gasteiger partial charge on any atom is -0.309 e. The lowest BCUT2D eigenvalue weighted by Gasteiger charge is -2.21. The zero-order valence-electron chi connectivity index (χ0n) is 32.1. The molecule has 1 aliphatic rings. The summed E-state index contributed by atoms with van der Waals surface area (Å²) in [4.78, 5) is 18.3. The van der Waals surface area contributed by atoms with E-state index >= 15 is 0 Å². The first-order valence-electron chi connectivity index (χ1n) is 20.1. The number of benzene rings is 8. The first-order valence-corrected chi connectivity index (χ1v) is 20.9. The highest BCUT2D eigenvalue weighted by atomic mass is 32.2.